The summed E-state index contributed by atoms with van der Waals surface area (Å²) >= 11 is 0. The van der Waals surface area contributed by atoms with Crippen LogP contribution in [0.15, 0.2) is 79.5 Å². The lowest BCUT2D eigenvalue weighted by Crippen LogP contribution is -1.96. The topological polar surface area (TPSA) is 72.3 Å². The van der Waals surface area contributed by atoms with Crippen LogP contribution < -0.4 is 0 Å². The fraction of sp³-hybridized carbons (Fsp3) is 0. The maximum absolute atomic E-state index is 4.52. The Morgan fingerprint density at radius 3 is 2.69 bits per heavy atom. The second-order valence-electron chi connectivity index (χ2n) is 5.88. The molecule has 0 aliphatic heterocycles. The molecule has 1 aromatic carbocycles. The number of hydrogen-bond donors (Lipinski definition) is 1. The van der Waals surface area contributed by atoms with Crippen molar-refractivity contribution < 1.29 is 0 Å². The Morgan fingerprint density at radius 2 is 1.77 bits per heavy atom. The number of rotatable bonds is 3. The minimum Gasteiger partial charge on any atom is -0.283 e. The monoisotopic (exact) mass is 338 g/mol. The first kappa shape index (κ1) is 14.5. The zero-order valence-corrected chi connectivity index (χ0v) is 13.7. The van der Waals surface area contributed by atoms with E-state index in [0.717, 1.165) is 39.4 Å². The Hall–Kier alpha value is -3.80. The molecule has 5 aromatic rings. The fourth-order valence-electron chi connectivity index (χ4n) is 3.07. The molecule has 0 saturated carbocycles. The van der Waals surface area contributed by atoms with Gasteiger partial charge in [0.25, 0.3) is 0 Å². The summed E-state index contributed by atoms with van der Waals surface area (Å²) in [5.41, 5.74) is 5.70. The van der Waals surface area contributed by atoms with Gasteiger partial charge in [0.1, 0.15) is 12.1 Å². The molecule has 0 amide bonds. The number of nitrogens with zero attached hydrogens (tertiary/aromatic N) is 5. The highest BCUT2D eigenvalue weighted by Crippen LogP contribution is 2.29. The molecule has 5 rings (SSSR count). The average molecular weight is 338 g/mol. The maximum Gasteiger partial charge on any atom is 0.138 e. The molecule has 0 unspecified atom stereocenters. The number of imidazole rings is 1. The van der Waals surface area contributed by atoms with Gasteiger partial charge in [-0.15, -0.1) is 0 Å². The highest BCUT2D eigenvalue weighted by Gasteiger charge is 2.12. The number of benzene rings is 1. The molecule has 1 N–H and O–H groups in total. The molecule has 0 aliphatic carbocycles. The lowest BCUT2D eigenvalue weighted by atomic mass is 10.1. The third kappa shape index (κ3) is 2.36. The van der Waals surface area contributed by atoms with E-state index in [1.165, 1.54) is 0 Å². The van der Waals surface area contributed by atoms with Crippen LogP contribution in [0.3, 0.4) is 0 Å². The Bertz CT molecular complexity index is 1190. The third-order valence-electron chi connectivity index (χ3n) is 4.32. The van der Waals surface area contributed by atoms with Gasteiger partial charge in [-0.25, -0.2) is 9.97 Å². The summed E-state index contributed by atoms with van der Waals surface area (Å²) in [5.74, 6) is 0.810. The van der Waals surface area contributed by atoms with Gasteiger partial charge in [-0.1, -0.05) is 18.2 Å². The quantitative estimate of drug-likeness (QED) is 0.542. The molecule has 6 heteroatoms. The first-order valence-electron chi connectivity index (χ1n) is 8.24. The summed E-state index contributed by atoms with van der Waals surface area (Å²) in [5, 5.41) is 7.27. The van der Waals surface area contributed by atoms with Crippen molar-refractivity contribution in [3.05, 3.63) is 79.5 Å². The summed E-state index contributed by atoms with van der Waals surface area (Å²) in [6.45, 7) is 0. The van der Waals surface area contributed by atoms with Gasteiger partial charge in [-0.05, 0) is 42.0 Å². The van der Waals surface area contributed by atoms with Crippen molar-refractivity contribution in [1.82, 2.24) is 29.7 Å². The molecule has 0 fully saturated rings. The molecule has 0 aliphatic rings. The van der Waals surface area contributed by atoms with Gasteiger partial charge in [-0.2, -0.15) is 5.10 Å². The van der Waals surface area contributed by atoms with Gasteiger partial charge in [0.2, 0.25) is 0 Å². The molecule has 26 heavy (non-hydrogen) atoms. The first-order valence-corrected chi connectivity index (χ1v) is 8.24. The van der Waals surface area contributed by atoms with Crippen molar-refractivity contribution in [3.63, 3.8) is 0 Å². The Kier molecular flexibility index (Phi) is 3.31. The molecular formula is C20H14N6. The van der Waals surface area contributed by atoms with E-state index in [4.69, 9.17) is 0 Å². The molecule has 0 spiro atoms. The van der Waals surface area contributed by atoms with Crippen LogP contribution >= 0.6 is 0 Å². The number of pyridine rings is 2. The van der Waals surface area contributed by atoms with Gasteiger partial charge in [0, 0.05) is 18.0 Å². The number of H-pyrrole nitrogens is 1. The largest absolute Gasteiger partial charge is 0.283 e. The molecule has 0 radical (unpaired) electrons. The number of hydrogen-bond acceptors (Lipinski definition) is 4. The van der Waals surface area contributed by atoms with Crippen LogP contribution in [-0.2, 0) is 0 Å². The number of nitrogens with one attached hydrogen (secondary N) is 1. The van der Waals surface area contributed by atoms with E-state index in [1.54, 1.807) is 18.7 Å². The number of para-hydroxylation sites is 2. The fourth-order valence-corrected chi connectivity index (χ4v) is 3.07. The van der Waals surface area contributed by atoms with Crippen LogP contribution in [0.2, 0.25) is 0 Å². The molecule has 124 valence electrons. The lowest BCUT2D eigenvalue weighted by Gasteiger charge is -2.07. The second kappa shape index (κ2) is 5.93. The first-order chi connectivity index (χ1) is 12.9. The van der Waals surface area contributed by atoms with E-state index in [2.05, 4.69) is 25.1 Å². The average Bonchev–Trinajstić information content (AvgIpc) is 3.36. The van der Waals surface area contributed by atoms with Crippen LogP contribution in [0.4, 0.5) is 0 Å². The summed E-state index contributed by atoms with van der Waals surface area (Å²) in [7, 11) is 0. The van der Waals surface area contributed by atoms with Crippen LogP contribution in [0.1, 0.15) is 0 Å². The molecule has 4 aromatic heterocycles. The van der Waals surface area contributed by atoms with Gasteiger partial charge in [-0.3, -0.25) is 14.6 Å². The molecule has 6 nitrogen and oxygen atoms in total. The van der Waals surface area contributed by atoms with Crippen molar-refractivity contribution in [2.75, 3.05) is 0 Å². The van der Waals surface area contributed by atoms with Gasteiger partial charge >= 0.3 is 0 Å². The normalized spacial score (nSPS) is 11.1. The second-order valence-corrected chi connectivity index (χ2v) is 5.88. The van der Waals surface area contributed by atoms with Crippen molar-refractivity contribution >= 4 is 11.0 Å². The number of fused-ring (bicyclic) bond motifs is 1. The summed E-state index contributed by atoms with van der Waals surface area (Å²) in [6, 6.07) is 17.8. The van der Waals surface area contributed by atoms with Crippen LogP contribution in [0.5, 0.6) is 0 Å². The van der Waals surface area contributed by atoms with E-state index in [1.807, 2.05) is 65.4 Å². The molecular weight excluding hydrogens is 324 g/mol. The van der Waals surface area contributed by atoms with Gasteiger partial charge in [0.15, 0.2) is 0 Å². The van der Waals surface area contributed by atoms with Gasteiger partial charge in [0.05, 0.1) is 28.6 Å². The number of aromatic nitrogens is 6. The Labute approximate surface area is 149 Å². The van der Waals surface area contributed by atoms with Crippen LogP contribution in [0, 0.1) is 0 Å². The smallest absolute Gasteiger partial charge is 0.138 e. The highest BCUT2D eigenvalue weighted by molar-refractivity contribution is 5.80. The van der Waals surface area contributed by atoms with E-state index in [-0.39, 0.29) is 0 Å². The Balaban J connectivity index is 1.63. The molecule has 0 saturated heterocycles. The van der Waals surface area contributed by atoms with E-state index in [0.29, 0.717) is 0 Å². The maximum atomic E-state index is 4.52. The van der Waals surface area contributed by atoms with Gasteiger partial charge < -0.3 is 0 Å². The zero-order valence-electron chi connectivity index (χ0n) is 13.7. The van der Waals surface area contributed by atoms with Crippen molar-refractivity contribution in [2.24, 2.45) is 0 Å². The molecule has 0 bridgehead atoms. The third-order valence-corrected chi connectivity index (χ3v) is 4.32. The lowest BCUT2D eigenvalue weighted by molar-refractivity contribution is 1.02. The highest BCUT2D eigenvalue weighted by atomic mass is 15.1. The number of aromatic amines is 1. The van der Waals surface area contributed by atoms with Crippen molar-refractivity contribution in [2.45, 2.75) is 0 Å². The summed E-state index contributed by atoms with van der Waals surface area (Å²) in [4.78, 5) is 13.4. The standard InChI is InChI=1S/C20H14N6/c1-2-7-18-16(5-1)23-13-26(18)19-11-14(8-10-22-19)15-12-24-25-20(15)17-6-3-4-9-21-17/h1-13H,(H,24,25). The predicted molar refractivity (Wildman–Crippen MR) is 99.7 cm³/mol. The van der Waals surface area contributed by atoms with Crippen molar-refractivity contribution in [3.8, 4) is 28.3 Å². The van der Waals surface area contributed by atoms with Crippen molar-refractivity contribution in [1.29, 1.82) is 0 Å². The Morgan fingerprint density at radius 1 is 0.846 bits per heavy atom. The van der Waals surface area contributed by atoms with E-state index < -0.39 is 0 Å². The van der Waals surface area contributed by atoms with E-state index in [9.17, 15) is 0 Å². The molecule has 4 heterocycles. The zero-order chi connectivity index (χ0) is 17.3. The SMILES string of the molecule is c1ccc(-c2[nH]ncc2-c2ccnc(-n3cnc4ccccc43)c2)nc1. The minimum atomic E-state index is 0.810. The molecule has 0 atom stereocenters. The minimum absolute atomic E-state index is 0.810. The summed E-state index contributed by atoms with van der Waals surface area (Å²) in [6.07, 6.45) is 7.19. The van der Waals surface area contributed by atoms with E-state index >= 15 is 0 Å². The predicted octanol–water partition coefficient (Wildman–Crippen LogP) is 3.87. The van der Waals surface area contributed by atoms with Crippen LogP contribution in [0.25, 0.3) is 39.4 Å². The summed E-state index contributed by atoms with van der Waals surface area (Å²) < 4.78 is 1.99. The van der Waals surface area contributed by atoms with Crippen LogP contribution in [-0.4, -0.2) is 29.7 Å².